The second-order valence-corrected chi connectivity index (χ2v) is 4.02. The zero-order valence-electron chi connectivity index (χ0n) is 7.95. The number of rotatable bonds is 1. The summed E-state index contributed by atoms with van der Waals surface area (Å²) in [5.74, 6) is 0. The smallest absolute Gasteiger partial charge is 0.143 e. The number of aromatic nitrogens is 2. The number of nitrogens with zero attached hydrogens (tertiary/aromatic N) is 3. The fourth-order valence-corrected chi connectivity index (χ4v) is 2.16. The number of hydrogen-bond acceptors (Lipinski definition) is 3. The predicted molar refractivity (Wildman–Crippen MR) is 50.4 cm³/mol. The maximum Gasteiger partial charge on any atom is 0.143 e. The molecule has 0 saturated heterocycles. The van der Waals surface area contributed by atoms with Crippen molar-refractivity contribution >= 4 is 0 Å². The highest BCUT2D eigenvalue weighted by Crippen LogP contribution is 2.34. The van der Waals surface area contributed by atoms with E-state index < -0.39 is 0 Å². The van der Waals surface area contributed by atoms with E-state index in [4.69, 9.17) is 5.26 Å². The first-order valence-corrected chi connectivity index (χ1v) is 5.11. The van der Waals surface area contributed by atoms with Crippen molar-refractivity contribution in [1.82, 2.24) is 15.1 Å². The van der Waals surface area contributed by atoms with Gasteiger partial charge in [-0.1, -0.05) is 0 Å². The van der Waals surface area contributed by atoms with Crippen molar-refractivity contribution in [2.24, 2.45) is 0 Å². The first-order valence-electron chi connectivity index (χ1n) is 5.11. The van der Waals surface area contributed by atoms with E-state index in [1.165, 1.54) is 19.3 Å². The van der Waals surface area contributed by atoms with Crippen molar-refractivity contribution in [2.45, 2.75) is 38.4 Å². The molecule has 1 saturated carbocycles. The van der Waals surface area contributed by atoms with Crippen LogP contribution in [0.25, 0.3) is 0 Å². The standard InChI is InChI=1S/C10H12N4/c11-4-10-8-5-12-6-9(8)13-14(10)7-2-1-3-7/h7,12H,1-3,5-6H2. The number of nitriles is 1. The Morgan fingerprint density at radius 2 is 2.29 bits per heavy atom. The maximum absolute atomic E-state index is 9.10. The molecule has 1 aromatic heterocycles. The van der Waals surface area contributed by atoms with Gasteiger partial charge in [-0.2, -0.15) is 10.4 Å². The Bertz CT molecular complexity index is 408. The molecule has 0 aromatic carbocycles. The van der Waals surface area contributed by atoms with Crippen LogP contribution in [-0.4, -0.2) is 9.78 Å². The second-order valence-electron chi connectivity index (χ2n) is 4.02. The molecule has 1 aliphatic carbocycles. The lowest BCUT2D eigenvalue weighted by Gasteiger charge is -2.26. The summed E-state index contributed by atoms with van der Waals surface area (Å²) in [5.41, 5.74) is 2.99. The van der Waals surface area contributed by atoms with E-state index in [1.807, 2.05) is 4.68 Å². The Morgan fingerprint density at radius 3 is 2.93 bits per heavy atom. The molecule has 1 N–H and O–H groups in total. The van der Waals surface area contributed by atoms with E-state index in [2.05, 4.69) is 16.5 Å². The van der Waals surface area contributed by atoms with E-state index in [1.54, 1.807) is 0 Å². The summed E-state index contributed by atoms with van der Waals surface area (Å²) in [4.78, 5) is 0. The van der Waals surface area contributed by atoms with Crippen LogP contribution in [0.15, 0.2) is 0 Å². The summed E-state index contributed by atoms with van der Waals surface area (Å²) < 4.78 is 1.95. The third kappa shape index (κ3) is 0.933. The van der Waals surface area contributed by atoms with Gasteiger partial charge in [-0.25, -0.2) is 0 Å². The van der Waals surface area contributed by atoms with Gasteiger partial charge in [0.25, 0.3) is 0 Å². The molecule has 0 bridgehead atoms. The van der Waals surface area contributed by atoms with E-state index in [9.17, 15) is 0 Å². The van der Waals surface area contributed by atoms with Gasteiger partial charge in [0.05, 0.1) is 11.7 Å². The quantitative estimate of drug-likeness (QED) is 0.717. The Morgan fingerprint density at radius 1 is 1.43 bits per heavy atom. The Balaban J connectivity index is 2.08. The first-order chi connectivity index (χ1) is 6.90. The highest BCUT2D eigenvalue weighted by atomic mass is 15.3. The van der Waals surface area contributed by atoms with Crippen LogP contribution in [-0.2, 0) is 13.1 Å². The SMILES string of the molecule is N#Cc1c2c(nn1C1CCC1)CNC2. The lowest BCUT2D eigenvalue weighted by Crippen LogP contribution is -2.21. The molecule has 1 fully saturated rings. The molecule has 3 rings (SSSR count). The fourth-order valence-electron chi connectivity index (χ4n) is 2.16. The van der Waals surface area contributed by atoms with Crippen molar-refractivity contribution in [3.8, 4) is 6.07 Å². The zero-order valence-corrected chi connectivity index (χ0v) is 7.95. The van der Waals surface area contributed by atoms with Crippen molar-refractivity contribution in [3.05, 3.63) is 17.0 Å². The van der Waals surface area contributed by atoms with Crippen LogP contribution in [0.3, 0.4) is 0 Å². The minimum absolute atomic E-state index is 0.496. The molecule has 0 atom stereocenters. The summed E-state index contributed by atoms with van der Waals surface area (Å²) in [5, 5.41) is 16.8. The Labute approximate surface area is 82.5 Å². The lowest BCUT2D eigenvalue weighted by atomic mass is 9.93. The fraction of sp³-hybridized carbons (Fsp3) is 0.600. The molecule has 0 unspecified atom stereocenters. The van der Waals surface area contributed by atoms with Gasteiger partial charge in [-0.3, -0.25) is 4.68 Å². The molecular formula is C10H12N4. The van der Waals surface area contributed by atoms with E-state index >= 15 is 0 Å². The van der Waals surface area contributed by atoms with Crippen molar-refractivity contribution in [3.63, 3.8) is 0 Å². The number of fused-ring (bicyclic) bond motifs is 1. The highest BCUT2D eigenvalue weighted by molar-refractivity contribution is 5.38. The lowest BCUT2D eigenvalue weighted by molar-refractivity contribution is 0.285. The van der Waals surface area contributed by atoms with E-state index in [0.717, 1.165) is 30.0 Å². The molecule has 0 radical (unpaired) electrons. The van der Waals surface area contributed by atoms with Gasteiger partial charge in [0.1, 0.15) is 11.8 Å². The Hall–Kier alpha value is -1.34. The van der Waals surface area contributed by atoms with E-state index in [-0.39, 0.29) is 0 Å². The summed E-state index contributed by atoms with van der Waals surface area (Å²) in [6.45, 7) is 1.63. The third-order valence-electron chi connectivity index (χ3n) is 3.21. The van der Waals surface area contributed by atoms with Crippen LogP contribution in [0.1, 0.15) is 42.3 Å². The topological polar surface area (TPSA) is 53.6 Å². The molecule has 72 valence electrons. The number of hydrogen-bond donors (Lipinski definition) is 1. The normalized spacial score (nSPS) is 20.2. The van der Waals surface area contributed by atoms with Crippen molar-refractivity contribution < 1.29 is 0 Å². The summed E-state index contributed by atoms with van der Waals surface area (Å²) in [6, 6.07) is 2.78. The average molecular weight is 188 g/mol. The largest absolute Gasteiger partial charge is 0.307 e. The predicted octanol–water partition coefficient (Wildman–Crippen LogP) is 1.08. The van der Waals surface area contributed by atoms with Gasteiger partial charge in [-0.05, 0) is 19.3 Å². The molecule has 0 spiro atoms. The minimum Gasteiger partial charge on any atom is -0.307 e. The summed E-state index contributed by atoms with van der Waals surface area (Å²) in [7, 11) is 0. The molecule has 1 aliphatic heterocycles. The van der Waals surface area contributed by atoms with Crippen LogP contribution in [0.5, 0.6) is 0 Å². The summed E-state index contributed by atoms with van der Waals surface area (Å²) in [6.07, 6.45) is 3.64. The monoisotopic (exact) mass is 188 g/mol. The van der Waals surface area contributed by atoms with Gasteiger partial charge in [0.15, 0.2) is 0 Å². The van der Waals surface area contributed by atoms with Crippen LogP contribution >= 0.6 is 0 Å². The molecule has 2 aliphatic rings. The van der Waals surface area contributed by atoms with Gasteiger partial charge >= 0.3 is 0 Å². The average Bonchev–Trinajstić information content (AvgIpc) is 2.60. The molecular weight excluding hydrogens is 176 g/mol. The number of nitrogens with one attached hydrogen (secondary N) is 1. The van der Waals surface area contributed by atoms with Gasteiger partial charge in [0.2, 0.25) is 0 Å². The van der Waals surface area contributed by atoms with Crippen molar-refractivity contribution in [2.75, 3.05) is 0 Å². The molecule has 2 heterocycles. The minimum atomic E-state index is 0.496. The van der Waals surface area contributed by atoms with Crippen LogP contribution in [0.4, 0.5) is 0 Å². The first kappa shape index (κ1) is 8.01. The zero-order chi connectivity index (χ0) is 9.54. The molecule has 1 aromatic rings. The van der Waals surface area contributed by atoms with Crippen LogP contribution in [0, 0.1) is 11.3 Å². The molecule has 4 heteroatoms. The molecule has 0 amide bonds. The Kier molecular flexibility index (Phi) is 1.62. The van der Waals surface area contributed by atoms with Gasteiger partial charge in [-0.15, -0.1) is 0 Å². The summed E-state index contributed by atoms with van der Waals surface area (Å²) >= 11 is 0. The van der Waals surface area contributed by atoms with Crippen molar-refractivity contribution in [1.29, 1.82) is 5.26 Å². The third-order valence-corrected chi connectivity index (χ3v) is 3.21. The second kappa shape index (κ2) is 2.82. The van der Waals surface area contributed by atoms with Crippen LogP contribution in [0.2, 0.25) is 0 Å². The van der Waals surface area contributed by atoms with Gasteiger partial charge in [0, 0.05) is 18.7 Å². The van der Waals surface area contributed by atoms with Crippen LogP contribution < -0.4 is 5.32 Å². The molecule has 14 heavy (non-hydrogen) atoms. The molecule has 4 nitrogen and oxygen atoms in total. The van der Waals surface area contributed by atoms with Gasteiger partial charge < -0.3 is 5.32 Å². The van der Waals surface area contributed by atoms with E-state index in [0.29, 0.717) is 6.04 Å². The highest BCUT2D eigenvalue weighted by Gasteiger charge is 2.28. The maximum atomic E-state index is 9.10.